The van der Waals surface area contributed by atoms with Crippen LogP contribution in [0, 0.1) is 11.8 Å². The average molecular weight is 391 g/mol. The van der Waals surface area contributed by atoms with Gasteiger partial charge in [-0.25, -0.2) is 4.39 Å². The first kappa shape index (κ1) is 23.1. The lowest BCUT2D eigenvalue weighted by Crippen LogP contribution is -2.22. The number of alkyl halides is 2. The van der Waals surface area contributed by atoms with Gasteiger partial charge in [0, 0.05) is 17.7 Å². The lowest BCUT2D eigenvalue weighted by atomic mass is 9.90. The van der Waals surface area contributed by atoms with Crippen molar-refractivity contribution in [2.24, 2.45) is 11.8 Å². The van der Waals surface area contributed by atoms with Crippen molar-refractivity contribution in [2.75, 3.05) is 0 Å². The minimum atomic E-state index is -1.29. The highest BCUT2D eigenvalue weighted by atomic mass is 35.5. The van der Waals surface area contributed by atoms with Gasteiger partial charge in [-0.2, -0.15) is 0 Å². The maximum Gasteiger partial charge on any atom is 0.303 e. The van der Waals surface area contributed by atoms with Gasteiger partial charge in [-0.3, -0.25) is 4.79 Å². The number of aliphatic hydroxyl groups is 2. The molecule has 0 saturated heterocycles. The first-order valence-corrected chi connectivity index (χ1v) is 9.99. The van der Waals surface area contributed by atoms with Gasteiger partial charge in [-0.1, -0.05) is 44.1 Å². The summed E-state index contributed by atoms with van der Waals surface area (Å²) in [5, 5.41) is 28.6. The second-order valence-electron chi connectivity index (χ2n) is 7.09. The van der Waals surface area contributed by atoms with Crippen molar-refractivity contribution in [1.29, 1.82) is 0 Å². The Balaban J connectivity index is 2.54. The minimum Gasteiger partial charge on any atom is -0.481 e. The molecule has 1 rings (SSSR count). The van der Waals surface area contributed by atoms with Crippen molar-refractivity contribution in [3.8, 4) is 0 Å². The molecule has 2 unspecified atom stereocenters. The van der Waals surface area contributed by atoms with Crippen LogP contribution in [0.5, 0.6) is 0 Å². The van der Waals surface area contributed by atoms with Crippen molar-refractivity contribution in [3.05, 3.63) is 24.3 Å². The molecule has 0 bridgehead atoms. The van der Waals surface area contributed by atoms with Gasteiger partial charge in [0.05, 0.1) is 6.10 Å². The SMILES string of the molecule is CCCCC(F)C(O)/C=C/[C@@H]1[C@@H](C/C=C\CCCC(=O)O)[C@H](Cl)C[C@H]1O. The van der Waals surface area contributed by atoms with Gasteiger partial charge in [0.2, 0.25) is 0 Å². The predicted octanol–water partition coefficient (Wildman–Crippen LogP) is 4.24. The zero-order valence-corrected chi connectivity index (χ0v) is 16.2. The number of carbonyl (C=O) groups is 1. The first-order chi connectivity index (χ1) is 12.4. The van der Waals surface area contributed by atoms with E-state index < -0.39 is 24.3 Å². The lowest BCUT2D eigenvalue weighted by Gasteiger charge is -2.20. The average Bonchev–Trinajstić information content (AvgIpc) is 2.86. The summed E-state index contributed by atoms with van der Waals surface area (Å²) in [4.78, 5) is 10.5. The van der Waals surface area contributed by atoms with Crippen molar-refractivity contribution >= 4 is 17.6 Å². The van der Waals surface area contributed by atoms with Gasteiger partial charge in [-0.05, 0) is 38.0 Å². The van der Waals surface area contributed by atoms with Crippen LogP contribution in [-0.4, -0.2) is 45.0 Å². The lowest BCUT2D eigenvalue weighted by molar-refractivity contribution is -0.137. The maximum atomic E-state index is 13.9. The molecule has 6 atom stereocenters. The van der Waals surface area contributed by atoms with Crippen LogP contribution in [-0.2, 0) is 4.79 Å². The Labute approximate surface area is 160 Å². The van der Waals surface area contributed by atoms with E-state index in [1.54, 1.807) is 6.08 Å². The normalized spacial score (nSPS) is 28.8. The van der Waals surface area contributed by atoms with E-state index in [-0.39, 0.29) is 23.6 Å². The van der Waals surface area contributed by atoms with Gasteiger partial charge < -0.3 is 15.3 Å². The van der Waals surface area contributed by atoms with Gasteiger partial charge in [-0.15, -0.1) is 11.6 Å². The van der Waals surface area contributed by atoms with E-state index in [1.165, 1.54) is 6.08 Å². The molecule has 1 fully saturated rings. The Bertz CT molecular complexity index is 469. The Kier molecular flexibility index (Phi) is 11.1. The largest absolute Gasteiger partial charge is 0.481 e. The fourth-order valence-corrected chi connectivity index (χ4v) is 3.79. The number of carboxylic acids is 1. The highest BCUT2D eigenvalue weighted by Gasteiger charge is 2.39. The molecule has 0 amide bonds. The maximum absolute atomic E-state index is 13.9. The molecule has 0 aromatic rings. The predicted molar refractivity (Wildman–Crippen MR) is 102 cm³/mol. The Hall–Kier alpha value is -0.910. The third-order valence-corrected chi connectivity index (χ3v) is 5.44. The van der Waals surface area contributed by atoms with Crippen LogP contribution < -0.4 is 0 Å². The first-order valence-electron chi connectivity index (χ1n) is 9.56. The van der Waals surface area contributed by atoms with E-state index in [4.69, 9.17) is 16.7 Å². The van der Waals surface area contributed by atoms with E-state index in [1.807, 2.05) is 19.1 Å². The Morgan fingerprint density at radius 3 is 2.73 bits per heavy atom. The summed E-state index contributed by atoms with van der Waals surface area (Å²) in [5.41, 5.74) is 0. The van der Waals surface area contributed by atoms with Crippen molar-refractivity contribution in [3.63, 3.8) is 0 Å². The molecule has 0 heterocycles. The van der Waals surface area contributed by atoms with Crippen LogP contribution in [0.25, 0.3) is 0 Å². The fraction of sp³-hybridized carbons (Fsp3) is 0.750. The topological polar surface area (TPSA) is 77.8 Å². The van der Waals surface area contributed by atoms with E-state index in [9.17, 15) is 19.4 Å². The smallest absolute Gasteiger partial charge is 0.303 e. The standard InChI is InChI=1S/C20H32ClFO4/c1-2-3-9-17(22)18(23)12-11-15-14(16(21)13-19(15)24)8-6-4-5-7-10-20(25)26/h4,6,11-12,14-19,23-24H,2-3,5,7-10,13H2,1H3,(H,25,26)/b6-4-,12-11+/t14-,15-,16-,17?,18?,19-/m1/s1. The molecule has 6 heteroatoms. The molecule has 0 aromatic heterocycles. The molecule has 4 nitrogen and oxygen atoms in total. The molecule has 0 radical (unpaired) electrons. The van der Waals surface area contributed by atoms with Gasteiger partial charge >= 0.3 is 5.97 Å². The summed E-state index contributed by atoms with van der Waals surface area (Å²) < 4.78 is 13.9. The van der Waals surface area contributed by atoms with Gasteiger partial charge in [0.15, 0.2) is 0 Å². The van der Waals surface area contributed by atoms with Crippen LogP contribution in [0.1, 0.15) is 58.3 Å². The minimum absolute atomic E-state index is 0.0135. The number of aliphatic hydroxyl groups excluding tert-OH is 2. The summed E-state index contributed by atoms with van der Waals surface area (Å²) in [5.74, 6) is -0.999. The zero-order valence-electron chi connectivity index (χ0n) is 15.4. The highest BCUT2D eigenvalue weighted by Crippen LogP contribution is 2.39. The molecular weight excluding hydrogens is 359 g/mol. The number of halogens is 2. The van der Waals surface area contributed by atoms with Gasteiger partial charge in [0.1, 0.15) is 12.3 Å². The number of carboxylic acid groups (broad SMARTS) is 1. The molecule has 1 aliphatic carbocycles. The van der Waals surface area contributed by atoms with Crippen LogP contribution in [0.15, 0.2) is 24.3 Å². The fourth-order valence-electron chi connectivity index (χ4n) is 3.34. The molecular formula is C20H32ClFO4. The number of hydrogen-bond donors (Lipinski definition) is 3. The summed E-state index contributed by atoms with van der Waals surface area (Å²) in [6.07, 6.45) is 8.54. The number of unbranched alkanes of at least 4 members (excludes halogenated alkanes) is 2. The summed E-state index contributed by atoms with van der Waals surface area (Å²) in [7, 11) is 0. The number of hydrogen-bond acceptors (Lipinski definition) is 3. The second-order valence-corrected chi connectivity index (χ2v) is 7.65. The highest BCUT2D eigenvalue weighted by molar-refractivity contribution is 6.21. The zero-order chi connectivity index (χ0) is 19.5. The van der Waals surface area contributed by atoms with Gasteiger partial charge in [0.25, 0.3) is 0 Å². The monoisotopic (exact) mass is 390 g/mol. The molecule has 0 spiro atoms. The van der Waals surface area contributed by atoms with Crippen molar-refractivity contribution in [1.82, 2.24) is 0 Å². The molecule has 26 heavy (non-hydrogen) atoms. The number of rotatable bonds is 12. The third kappa shape index (κ3) is 8.19. The van der Waals surface area contributed by atoms with Crippen LogP contribution in [0.3, 0.4) is 0 Å². The third-order valence-electron chi connectivity index (χ3n) is 4.94. The summed E-state index contributed by atoms with van der Waals surface area (Å²) in [6, 6.07) is 0. The van der Waals surface area contributed by atoms with Crippen LogP contribution in [0.4, 0.5) is 4.39 Å². The summed E-state index contributed by atoms with van der Waals surface area (Å²) >= 11 is 6.35. The Morgan fingerprint density at radius 2 is 2.08 bits per heavy atom. The van der Waals surface area contributed by atoms with Crippen LogP contribution in [0.2, 0.25) is 0 Å². The number of aliphatic carboxylic acids is 1. The van der Waals surface area contributed by atoms with E-state index in [2.05, 4.69) is 0 Å². The van der Waals surface area contributed by atoms with E-state index >= 15 is 0 Å². The molecule has 3 N–H and O–H groups in total. The second kappa shape index (κ2) is 12.5. The van der Waals surface area contributed by atoms with E-state index in [0.717, 1.165) is 12.8 Å². The molecule has 1 aliphatic rings. The van der Waals surface area contributed by atoms with Crippen LogP contribution >= 0.6 is 11.6 Å². The van der Waals surface area contributed by atoms with E-state index in [0.29, 0.717) is 32.1 Å². The summed E-state index contributed by atoms with van der Waals surface area (Å²) in [6.45, 7) is 1.98. The number of allylic oxidation sites excluding steroid dienone is 2. The molecule has 150 valence electrons. The molecule has 0 aliphatic heterocycles. The quantitative estimate of drug-likeness (QED) is 0.264. The van der Waals surface area contributed by atoms with Crippen molar-refractivity contribution < 1.29 is 24.5 Å². The molecule has 0 aromatic carbocycles. The Morgan fingerprint density at radius 1 is 1.35 bits per heavy atom. The molecule has 1 saturated carbocycles. The van der Waals surface area contributed by atoms with Crippen molar-refractivity contribution in [2.45, 2.75) is 82.0 Å².